The fourth-order valence-corrected chi connectivity index (χ4v) is 4.53. The third-order valence-electron chi connectivity index (χ3n) is 4.40. The molecule has 1 aromatic heterocycles. The van der Waals surface area contributed by atoms with Crippen molar-refractivity contribution < 1.29 is 22.7 Å². The normalized spacial score (nSPS) is 22.9. The Morgan fingerprint density at radius 3 is 2.96 bits per heavy atom. The zero-order chi connectivity index (χ0) is 16.4. The molecule has 3 rings (SSSR count). The highest BCUT2D eigenvalue weighted by Crippen LogP contribution is 2.29. The summed E-state index contributed by atoms with van der Waals surface area (Å²) in [6.45, 7) is 1.56. The Bertz CT molecular complexity index is 660. The second kappa shape index (κ2) is 6.58. The van der Waals surface area contributed by atoms with Crippen molar-refractivity contribution in [1.29, 1.82) is 0 Å². The van der Waals surface area contributed by atoms with E-state index in [-0.39, 0.29) is 23.5 Å². The SMILES string of the molecule is COC(=O)c1cc(C2CN(S(=O)(=O)CCC3CCCO3)C2)[nH]n1. The van der Waals surface area contributed by atoms with Gasteiger partial charge in [-0.15, -0.1) is 0 Å². The number of sulfonamides is 1. The molecule has 1 N–H and O–H groups in total. The van der Waals surface area contributed by atoms with Gasteiger partial charge in [0.1, 0.15) is 0 Å². The number of ether oxygens (including phenoxy) is 2. The fraction of sp³-hybridized carbons (Fsp3) is 0.714. The van der Waals surface area contributed by atoms with Crippen molar-refractivity contribution in [1.82, 2.24) is 14.5 Å². The lowest BCUT2D eigenvalue weighted by atomic mass is 9.99. The lowest BCUT2D eigenvalue weighted by Crippen LogP contribution is -2.49. The van der Waals surface area contributed by atoms with Gasteiger partial charge >= 0.3 is 5.97 Å². The molecule has 2 saturated heterocycles. The number of esters is 1. The molecule has 2 fully saturated rings. The Balaban J connectivity index is 1.51. The van der Waals surface area contributed by atoms with Crippen LogP contribution in [0.2, 0.25) is 0 Å². The van der Waals surface area contributed by atoms with Crippen molar-refractivity contribution in [3.8, 4) is 0 Å². The van der Waals surface area contributed by atoms with Gasteiger partial charge in [-0.2, -0.15) is 5.10 Å². The van der Waals surface area contributed by atoms with E-state index in [1.54, 1.807) is 6.07 Å². The monoisotopic (exact) mass is 343 g/mol. The molecule has 2 aliphatic heterocycles. The van der Waals surface area contributed by atoms with Crippen molar-refractivity contribution in [2.45, 2.75) is 31.3 Å². The smallest absolute Gasteiger partial charge is 0.358 e. The minimum Gasteiger partial charge on any atom is -0.464 e. The van der Waals surface area contributed by atoms with Gasteiger partial charge in [-0.1, -0.05) is 0 Å². The van der Waals surface area contributed by atoms with Crippen LogP contribution in [0.15, 0.2) is 6.07 Å². The molecule has 128 valence electrons. The largest absolute Gasteiger partial charge is 0.464 e. The molecule has 0 radical (unpaired) electrons. The predicted octanol–water partition coefficient (Wildman–Crippen LogP) is 0.494. The number of hydrogen-bond donors (Lipinski definition) is 1. The Morgan fingerprint density at radius 1 is 1.52 bits per heavy atom. The van der Waals surface area contributed by atoms with Crippen LogP contribution in [0.4, 0.5) is 0 Å². The quantitative estimate of drug-likeness (QED) is 0.755. The Kier molecular flexibility index (Phi) is 4.69. The van der Waals surface area contributed by atoms with E-state index in [0.717, 1.165) is 25.1 Å². The zero-order valence-electron chi connectivity index (χ0n) is 13.0. The fourth-order valence-electron chi connectivity index (χ4n) is 2.90. The molecule has 23 heavy (non-hydrogen) atoms. The van der Waals surface area contributed by atoms with E-state index in [0.29, 0.717) is 19.5 Å². The number of rotatable bonds is 6. The summed E-state index contributed by atoms with van der Waals surface area (Å²) in [6.07, 6.45) is 2.60. The van der Waals surface area contributed by atoms with Crippen molar-refractivity contribution in [3.05, 3.63) is 17.5 Å². The molecule has 0 amide bonds. The average molecular weight is 343 g/mol. The minimum atomic E-state index is -3.24. The van der Waals surface area contributed by atoms with E-state index in [1.807, 2.05) is 0 Å². The highest BCUT2D eigenvalue weighted by Gasteiger charge is 2.38. The third kappa shape index (κ3) is 3.56. The van der Waals surface area contributed by atoms with E-state index in [2.05, 4.69) is 14.9 Å². The number of nitrogens with zero attached hydrogens (tertiary/aromatic N) is 2. The minimum absolute atomic E-state index is 0.0402. The van der Waals surface area contributed by atoms with Gasteiger partial charge in [0, 0.05) is 31.3 Å². The molecule has 1 atom stereocenters. The van der Waals surface area contributed by atoms with E-state index >= 15 is 0 Å². The summed E-state index contributed by atoms with van der Waals surface area (Å²) in [4.78, 5) is 11.4. The first-order chi connectivity index (χ1) is 11.0. The van der Waals surface area contributed by atoms with Crippen molar-refractivity contribution in [2.24, 2.45) is 0 Å². The van der Waals surface area contributed by atoms with Gasteiger partial charge in [-0.05, 0) is 25.3 Å². The van der Waals surface area contributed by atoms with E-state index < -0.39 is 16.0 Å². The summed E-state index contributed by atoms with van der Waals surface area (Å²) in [5.41, 5.74) is 0.971. The number of carbonyl (C=O) groups excluding carboxylic acids is 1. The van der Waals surface area contributed by atoms with E-state index in [1.165, 1.54) is 11.4 Å². The molecule has 0 bridgehead atoms. The van der Waals surface area contributed by atoms with Gasteiger partial charge in [-0.25, -0.2) is 17.5 Å². The summed E-state index contributed by atoms with van der Waals surface area (Å²) in [5, 5.41) is 6.66. The number of carbonyl (C=O) groups is 1. The molecule has 0 saturated carbocycles. The van der Waals surface area contributed by atoms with Crippen LogP contribution in [0, 0.1) is 0 Å². The molecule has 0 aliphatic carbocycles. The first kappa shape index (κ1) is 16.4. The van der Waals surface area contributed by atoms with Crippen LogP contribution in [0.1, 0.15) is 41.4 Å². The van der Waals surface area contributed by atoms with Crippen molar-refractivity contribution in [3.63, 3.8) is 0 Å². The lowest BCUT2D eigenvalue weighted by molar-refractivity contribution is 0.0594. The predicted molar refractivity (Wildman–Crippen MR) is 81.6 cm³/mol. The van der Waals surface area contributed by atoms with Crippen LogP contribution in [0.25, 0.3) is 0 Å². The first-order valence-electron chi connectivity index (χ1n) is 7.72. The van der Waals surface area contributed by atoms with Gasteiger partial charge in [-0.3, -0.25) is 5.10 Å². The summed E-state index contributed by atoms with van der Waals surface area (Å²) in [6, 6.07) is 1.62. The van der Waals surface area contributed by atoms with Crippen LogP contribution >= 0.6 is 0 Å². The average Bonchev–Trinajstić information content (AvgIpc) is 3.14. The number of H-pyrrole nitrogens is 1. The van der Waals surface area contributed by atoms with Crippen LogP contribution in [-0.4, -0.2) is 67.6 Å². The molecular formula is C14H21N3O5S. The second-order valence-electron chi connectivity index (χ2n) is 5.95. The molecule has 3 heterocycles. The summed E-state index contributed by atoms with van der Waals surface area (Å²) >= 11 is 0. The molecular weight excluding hydrogens is 322 g/mol. The van der Waals surface area contributed by atoms with Crippen LogP contribution in [0.3, 0.4) is 0 Å². The number of aromatic amines is 1. The Hall–Kier alpha value is -1.45. The number of hydrogen-bond acceptors (Lipinski definition) is 6. The van der Waals surface area contributed by atoms with E-state index in [4.69, 9.17) is 4.74 Å². The number of nitrogens with one attached hydrogen (secondary N) is 1. The maximum Gasteiger partial charge on any atom is 0.358 e. The molecule has 0 spiro atoms. The standard InChI is InChI=1S/C14H21N3O5S/c1-21-14(18)13-7-12(15-16-13)10-8-17(9-10)23(19,20)6-4-11-3-2-5-22-11/h7,10-11H,2-6,8-9H2,1H3,(H,15,16). The van der Waals surface area contributed by atoms with Crippen molar-refractivity contribution in [2.75, 3.05) is 32.6 Å². The van der Waals surface area contributed by atoms with Crippen LogP contribution in [0.5, 0.6) is 0 Å². The molecule has 8 nitrogen and oxygen atoms in total. The van der Waals surface area contributed by atoms with Gasteiger partial charge in [0.05, 0.1) is 19.0 Å². The van der Waals surface area contributed by atoms with E-state index in [9.17, 15) is 13.2 Å². The lowest BCUT2D eigenvalue weighted by Gasteiger charge is -2.37. The Labute approximate surface area is 135 Å². The molecule has 1 unspecified atom stereocenters. The van der Waals surface area contributed by atoms with Gasteiger partial charge in [0.25, 0.3) is 0 Å². The topological polar surface area (TPSA) is 102 Å². The summed E-state index contributed by atoms with van der Waals surface area (Å²) < 4.78 is 36.1. The number of aromatic nitrogens is 2. The Morgan fingerprint density at radius 2 is 2.30 bits per heavy atom. The van der Waals surface area contributed by atoms with Gasteiger partial charge in [0.15, 0.2) is 5.69 Å². The summed E-state index contributed by atoms with van der Waals surface area (Å²) in [5.74, 6) is -0.341. The second-order valence-corrected chi connectivity index (χ2v) is 8.04. The maximum absolute atomic E-state index is 12.3. The zero-order valence-corrected chi connectivity index (χ0v) is 13.8. The van der Waals surface area contributed by atoms with Crippen molar-refractivity contribution >= 4 is 16.0 Å². The third-order valence-corrected chi connectivity index (χ3v) is 6.23. The van der Waals surface area contributed by atoms with Gasteiger partial charge in [0.2, 0.25) is 10.0 Å². The highest BCUT2D eigenvalue weighted by molar-refractivity contribution is 7.89. The summed E-state index contributed by atoms with van der Waals surface area (Å²) in [7, 11) is -1.94. The maximum atomic E-state index is 12.3. The van der Waals surface area contributed by atoms with Crippen LogP contribution < -0.4 is 0 Å². The first-order valence-corrected chi connectivity index (χ1v) is 9.33. The molecule has 0 aromatic carbocycles. The van der Waals surface area contributed by atoms with Crippen LogP contribution in [-0.2, 0) is 19.5 Å². The molecule has 1 aromatic rings. The number of methoxy groups -OCH3 is 1. The van der Waals surface area contributed by atoms with Gasteiger partial charge < -0.3 is 9.47 Å². The molecule has 2 aliphatic rings. The highest BCUT2D eigenvalue weighted by atomic mass is 32.2. The molecule has 9 heteroatoms.